The first kappa shape index (κ1) is 20.2. The Morgan fingerprint density at radius 1 is 1.39 bits per heavy atom. The van der Waals surface area contributed by atoms with E-state index in [9.17, 15) is 9.18 Å². The average molecular weight is 407 g/mol. The van der Waals surface area contributed by atoms with Gasteiger partial charge in [0, 0.05) is 23.9 Å². The molecule has 3 unspecified atom stereocenters. The summed E-state index contributed by atoms with van der Waals surface area (Å²) in [6.07, 6.45) is 3.76. The molecule has 1 aliphatic heterocycles. The van der Waals surface area contributed by atoms with E-state index in [1.807, 2.05) is 17.8 Å². The molecule has 2 N–H and O–H groups in total. The number of ether oxygens (including phenoxy) is 1. The summed E-state index contributed by atoms with van der Waals surface area (Å²) in [6.45, 7) is 5.71. The Balaban J connectivity index is 0.00000109. The van der Waals surface area contributed by atoms with E-state index in [1.54, 1.807) is 19.4 Å². The van der Waals surface area contributed by atoms with Crippen molar-refractivity contribution < 1.29 is 9.13 Å². The number of hydrogen-bond acceptors (Lipinski definition) is 8. The fraction of sp³-hybridized carbons (Fsp3) is 0.471. The molecule has 0 spiro atoms. The van der Waals surface area contributed by atoms with Crippen molar-refractivity contribution in [1.82, 2.24) is 28.5 Å². The molecule has 0 bridgehead atoms. The first-order valence-electron chi connectivity index (χ1n) is 8.94. The zero-order valence-corrected chi connectivity index (χ0v) is 16.6. The van der Waals surface area contributed by atoms with Crippen LogP contribution in [-0.4, -0.2) is 46.5 Å². The molecule has 1 aliphatic rings. The highest BCUT2D eigenvalue weighted by Crippen LogP contribution is 2.33. The minimum absolute atomic E-state index is 0.140. The van der Waals surface area contributed by atoms with Crippen molar-refractivity contribution in [2.24, 2.45) is 0 Å². The fourth-order valence-corrected chi connectivity index (χ4v) is 3.74. The monoisotopic (exact) mass is 407 g/mol. The van der Waals surface area contributed by atoms with Crippen LogP contribution >= 0.6 is 11.9 Å². The molecular formula is C17H22FN7O2S. The normalized spacial score (nSPS) is 21.5. The Morgan fingerprint density at radius 2 is 2.18 bits per heavy atom. The number of nitrogens with two attached hydrogens (primary N) is 1. The molecule has 9 nitrogen and oxygen atoms in total. The second-order valence-electron chi connectivity index (χ2n) is 6.00. The number of aryl methyl sites for hydroxylation is 1. The predicted molar refractivity (Wildman–Crippen MR) is 106 cm³/mol. The number of alkyl halides is 1. The minimum atomic E-state index is -1.30. The van der Waals surface area contributed by atoms with Crippen LogP contribution in [0.2, 0.25) is 0 Å². The summed E-state index contributed by atoms with van der Waals surface area (Å²) < 4.78 is 23.2. The second kappa shape index (κ2) is 8.65. The molecule has 150 valence electrons. The fourth-order valence-electron chi connectivity index (χ4n) is 2.82. The first-order valence-corrected chi connectivity index (χ1v) is 9.88. The number of fused-ring (bicyclic) bond motifs is 1. The summed E-state index contributed by atoms with van der Waals surface area (Å²) in [6, 6.07) is 0. The van der Waals surface area contributed by atoms with Crippen LogP contribution in [0.15, 0.2) is 29.8 Å². The van der Waals surface area contributed by atoms with Crippen LogP contribution in [0.3, 0.4) is 0 Å². The van der Waals surface area contributed by atoms with Crippen LogP contribution in [0.1, 0.15) is 32.1 Å². The van der Waals surface area contributed by atoms with E-state index in [1.165, 1.54) is 29.0 Å². The molecule has 0 saturated carbocycles. The zero-order chi connectivity index (χ0) is 20.3. The van der Waals surface area contributed by atoms with Gasteiger partial charge in [-0.3, -0.25) is 8.54 Å². The number of rotatable bonds is 4. The van der Waals surface area contributed by atoms with Crippen molar-refractivity contribution in [3.05, 3.63) is 41.1 Å². The van der Waals surface area contributed by atoms with E-state index in [-0.39, 0.29) is 18.3 Å². The Kier molecular flexibility index (Phi) is 6.25. The SMILES string of the molecule is CC.Cc1cn(C2OC(CSn3cnc4ncncc43)CC2F)c(=O)nc1N. The van der Waals surface area contributed by atoms with Gasteiger partial charge in [-0.2, -0.15) is 4.98 Å². The standard InChI is InChI=1S/C15H16FN7O2S.C2H6/c1-8-4-22(15(24)21-12(8)17)14-10(16)2-9(25-14)5-26-23-7-20-13-11(23)3-18-6-19-13;1-2/h3-4,6-7,9-10,14H,2,5H2,1H3,(H2,17,21,24);1-2H3. The van der Waals surface area contributed by atoms with Gasteiger partial charge in [-0.25, -0.2) is 24.1 Å². The van der Waals surface area contributed by atoms with Gasteiger partial charge in [0.1, 0.15) is 30.2 Å². The van der Waals surface area contributed by atoms with Crippen molar-refractivity contribution >= 4 is 28.9 Å². The van der Waals surface area contributed by atoms with E-state index in [2.05, 4.69) is 19.9 Å². The molecule has 3 aromatic rings. The van der Waals surface area contributed by atoms with Gasteiger partial charge in [0.05, 0.1) is 12.3 Å². The highest BCUT2D eigenvalue weighted by Gasteiger charge is 2.37. The third-order valence-electron chi connectivity index (χ3n) is 4.17. The van der Waals surface area contributed by atoms with E-state index < -0.39 is 18.1 Å². The summed E-state index contributed by atoms with van der Waals surface area (Å²) in [4.78, 5) is 28.0. The lowest BCUT2D eigenvalue weighted by Crippen LogP contribution is -2.31. The summed E-state index contributed by atoms with van der Waals surface area (Å²) >= 11 is 1.42. The molecule has 28 heavy (non-hydrogen) atoms. The molecule has 0 aliphatic carbocycles. The minimum Gasteiger partial charge on any atom is -0.383 e. The van der Waals surface area contributed by atoms with Gasteiger partial charge in [-0.1, -0.05) is 13.8 Å². The maximum Gasteiger partial charge on any atom is 0.351 e. The lowest BCUT2D eigenvalue weighted by atomic mass is 10.2. The number of hydrogen-bond donors (Lipinski definition) is 1. The topological polar surface area (TPSA) is 114 Å². The lowest BCUT2D eigenvalue weighted by molar-refractivity contribution is -0.0131. The summed E-state index contributed by atoms with van der Waals surface area (Å²) in [5, 5.41) is 0. The predicted octanol–water partition coefficient (Wildman–Crippen LogP) is 2.12. The van der Waals surface area contributed by atoms with Crippen molar-refractivity contribution in [2.45, 2.75) is 45.7 Å². The van der Waals surface area contributed by atoms with Crippen LogP contribution in [0.4, 0.5) is 10.2 Å². The number of halogens is 1. The van der Waals surface area contributed by atoms with Gasteiger partial charge < -0.3 is 10.5 Å². The number of nitrogens with zero attached hydrogens (tertiary/aromatic N) is 6. The molecule has 0 amide bonds. The maximum atomic E-state index is 14.5. The molecule has 1 saturated heterocycles. The van der Waals surface area contributed by atoms with E-state index >= 15 is 0 Å². The summed E-state index contributed by atoms with van der Waals surface area (Å²) in [5.41, 5.74) is 6.97. The zero-order valence-electron chi connectivity index (χ0n) is 15.8. The molecule has 11 heteroatoms. The van der Waals surface area contributed by atoms with Gasteiger partial charge in [0.2, 0.25) is 0 Å². The Hall–Kier alpha value is -2.53. The van der Waals surface area contributed by atoms with Gasteiger partial charge in [0.25, 0.3) is 0 Å². The Bertz CT molecular complexity index is 1010. The van der Waals surface area contributed by atoms with Crippen LogP contribution in [-0.2, 0) is 4.74 Å². The summed E-state index contributed by atoms with van der Waals surface area (Å²) in [5.74, 6) is 0.633. The molecule has 0 aromatic carbocycles. The van der Waals surface area contributed by atoms with Crippen LogP contribution in [0.25, 0.3) is 11.2 Å². The number of nitrogen functional groups attached to an aromatic ring is 1. The van der Waals surface area contributed by atoms with Crippen LogP contribution < -0.4 is 11.4 Å². The van der Waals surface area contributed by atoms with Crippen LogP contribution in [0.5, 0.6) is 0 Å². The Labute approximate surface area is 165 Å². The molecule has 0 radical (unpaired) electrons. The van der Waals surface area contributed by atoms with Crippen LogP contribution in [0, 0.1) is 6.92 Å². The van der Waals surface area contributed by atoms with E-state index in [4.69, 9.17) is 10.5 Å². The molecular weight excluding hydrogens is 385 g/mol. The van der Waals surface area contributed by atoms with Gasteiger partial charge in [-0.15, -0.1) is 0 Å². The molecule has 3 aromatic heterocycles. The van der Waals surface area contributed by atoms with E-state index in [0.29, 0.717) is 17.0 Å². The van der Waals surface area contributed by atoms with Crippen molar-refractivity contribution in [3.63, 3.8) is 0 Å². The third kappa shape index (κ3) is 3.99. The number of imidazole rings is 1. The van der Waals surface area contributed by atoms with Crippen molar-refractivity contribution in [3.8, 4) is 0 Å². The van der Waals surface area contributed by atoms with Gasteiger partial charge in [0.15, 0.2) is 11.9 Å². The lowest BCUT2D eigenvalue weighted by Gasteiger charge is -2.17. The largest absolute Gasteiger partial charge is 0.383 e. The quantitative estimate of drug-likeness (QED) is 0.700. The maximum absolute atomic E-state index is 14.5. The van der Waals surface area contributed by atoms with Gasteiger partial charge >= 0.3 is 5.69 Å². The first-order chi connectivity index (χ1) is 13.5. The van der Waals surface area contributed by atoms with Crippen molar-refractivity contribution in [2.75, 3.05) is 11.5 Å². The molecule has 4 heterocycles. The van der Waals surface area contributed by atoms with Gasteiger partial charge in [-0.05, 0) is 18.9 Å². The number of anilines is 1. The molecule has 1 fully saturated rings. The average Bonchev–Trinajstić information content (AvgIpc) is 3.28. The molecule has 4 rings (SSSR count). The Morgan fingerprint density at radius 3 is 2.96 bits per heavy atom. The number of aromatic nitrogens is 6. The highest BCUT2D eigenvalue weighted by molar-refractivity contribution is 7.98. The highest BCUT2D eigenvalue weighted by atomic mass is 32.2. The second-order valence-corrected chi connectivity index (χ2v) is 6.98. The van der Waals surface area contributed by atoms with E-state index in [0.717, 1.165) is 5.52 Å². The summed E-state index contributed by atoms with van der Waals surface area (Å²) in [7, 11) is 0. The smallest absolute Gasteiger partial charge is 0.351 e. The molecule has 3 atom stereocenters. The third-order valence-corrected chi connectivity index (χ3v) is 5.26. The van der Waals surface area contributed by atoms with Crippen molar-refractivity contribution in [1.29, 1.82) is 0 Å².